The van der Waals surface area contributed by atoms with Gasteiger partial charge in [-0.2, -0.15) is 0 Å². The van der Waals surface area contributed by atoms with Gasteiger partial charge in [-0.15, -0.1) is 0 Å². The number of hydrogen-bond donors (Lipinski definition) is 2. The number of amides is 2. The number of carbonyl (C=O) groups excluding carboxylic acids is 2. The highest BCUT2D eigenvalue weighted by molar-refractivity contribution is 5.93. The first kappa shape index (κ1) is 17.1. The summed E-state index contributed by atoms with van der Waals surface area (Å²) in [6, 6.07) is 4.70. The number of fused-ring (bicyclic) bond motifs is 1. The van der Waals surface area contributed by atoms with Crippen molar-refractivity contribution in [3.8, 4) is 0 Å². The van der Waals surface area contributed by atoms with Gasteiger partial charge in [-0.25, -0.2) is 0 Å². The molecule has 2 aromatic rings. The minimum Gasteiger partial charge on any atom is -0.358 e. The predicted octanol–water partition coefficient (Wildman–Crippen LogP) is 2.76. The van der Waals surface area contributed by atoms with E-state index in [0.29, 0.717) is 25.4 Å². The first-order valence-corrected chi connectivity index (χ1v) is 9.57. The number of rotatable bonds is 5. The van der Waals surface area contributed by atoms with Gasteiger partial charge in [0.05, 0.1) is 6.42 Å². The maximum atomic E-state index is 12.5. The monoisotopic (exact) mass is 353 g/mol. The number of nitrogens with zero attached hydrogens (tertiary/aromatic N) is 1. The number of nitrogens with one attached hydrogen (secondary N) is 2. The molecule has 26 heavy (non-hydrogen) atoms. The Morgan fingerprint density at radius 2 is 1.96 bits per heavy atom. The third-order valence-electron chi connectivity index (χ3n) is 5.84. The molecule has 2 N–H and O–H groups in total. The molecule has 5 nitrogen and oxygen atoms in total. The number of aromatic amines is 1. The van der Waals surface area contributed by atoms with E-state index in [1.807, 2.05) is 11.8 Å². The summed E-state index contributed by atoms with van der Waals surface area (Å²) in [5.41, 5.74) is 5.67. The predicted molar refractivity (Wildman–Crippen MR) is 102 cm³/mol. The Kier molecular flexibility index (Phi) is 4.25. The quantitative estimate of drug-likeness (QED) is 0.868. The molecule has 1 aliphatic carbocycles. The molecule has 5 heteroatoms. The number of aryl methyl sites for hydroxylation is 3. The van der Waals surface area contributed by atoms with Crippen molar-refractivity contribution in [1.29, 1.82) is 0 Å². The number of likely N-dealkylation sites (tertiary alicyclic amines) is 1. The zero-order valence-corrected chi connectivity index (χ0v) is 15.8. The molecule has 1 atom stereocenters. The van der Waals surface area contributed by atoms with E-state index in [-0.39, 0.29) is 17.7 Å². The average Bonchev–Trinajstić information content (AvgIpc) is 3.30. The zero-order chi connectivity index (χ0) is 18.4. The standard InChI is InChI=1S/C21H27N3O2/c1-12-4-5-13(2)21-20(12)17(14(3)23-21)9-18(25)22-10-15-8-19(26)24(11-15)16-6-7-16/h4-5,15-16,23H,6-11H2,1-3H3,(H,22,25). The minimum atomic E-state index is 0.0345. The fraction of sp³-hybridized carbons (Fsp3) is 0.524. The van der Waals surface area contributed by atoms with Crippen molar-refractivity contribution in [3.05, 3.63) is 34.5 Å². The lowest BCUT2D eigenvalue weighted by atomic mass is 10.0. The molecular weight excluding hydrogens is 326 g/mol. The Morgan fingerprint density at radius 1 is 1.23 bits per heavy atom. The van der Waals surface area contributed by atoms with Gasteiger partial charge in [0.2, 0.25) is 11.8 Å². The van der Waals surface area contributed by atoms with Crippen molar-refractivity contribution in [2.75, 3.05) is 13.1 Å². The molecule has 1 saturated carbocycles. The van der Waals surface area contributed by atoms with Crippen LogP contribution >= 0.6 is 0 Å². The number of H-pyrrole nitrogens is 1. The van der Waals surface area contributed by atoms with Crippen LogP contribution < -0.4 is 5.32 Å². The van der Waals surface area contributed by atoms with Gasteiger partial charge in [-0.1, -0.05) is 12.1 Å². The van der Waals surface area contributed by atoms with Crippen molar-refractivity contribution in [2.24, 2.45) is 5.92 Å². The molecule has 2 amide bonds. The molecule has 138 valence electrons. The molecule has 0 spiro atoms. The smallest absolute Gasteiger partial charge is 0.224 e. The fourth-order valence-corrected chi connectivity index (χ4v) is 4.20. The minimum absolute atomic E-state index is 0.0345. The van der Waals surface area contributed by atoms with Gasteiger partial charge in [-0.05, 0) is 50.3 Å². The summed E-state index contributed by atoms with van der Waals surface area (Å²) in [6.07, 6.45) is 3.23. The first-order valence-electron chi connectivity index (χ1n) is 9.57. The summed E-state index contributed by atoms with van der Waals surface area (Å²) in [6.45, 7) is 7.60. The van der Waals surface area contributed by atoms with Gasteiger partial charge < -0.3 is 15.2 Å². The Balaban J connectivity index is 1.41. The summed E-state index contributed by atoms with van der Waals surface area (Å²) in [4.78, 5) is 30.0. The van der Waals surface area contributed by atoms with Gasteiger partial charge in [0.25, 0.3) is 0 Å². The molecular formula is C21H27N3O2. The van der Waals surface area contributed by atoms with Crippen LogP contribution in [-0.2, 0) is 16.0 Å². The summed E-state index contributed by atoms with van der Waals surface area (Å²) < 4.78 is 0. The second-order valence-electron chi connectivity index (χ2n) is 8.01. The largest absolute Gasteiger partial charge is 0.358 e. The lowest BCUT2D eigenvalue weighted by Crippen LogP contribution is -2.32. The Bertz CT molecular complexity index is 879. The molecule has 1 saturated heterocycles. The molecule has 1 aromatic heterocycles. The van der Waals surface area contributed by atoms with Crippen LogP contribution in [0.3, 0.4) is 0 Å². The van der Waals surface area contributed by atoms with Gasteiger partial charge in [-0.3, -0.25) is 9.59 Å². The number of hydrogen-bond acceptors (Lipinski definition) is 2. The van der Waals surface area contributed by atoms with E-state index in [9.17, 15) is 9.59 Å². The molecule has 2 fully saturated rings. The normalized spacial score (nSPS) is 20.2. The molecule has 1 aliphatic heterocycles. The summed E-state index contributed by atoms with van der Waals surface area (Å²) in [5, 5.41) is 4.23. The average molecular weight is 353 g/mol. The van der Waals surface area contributed by atoms with Crippen LogP contribution in [0.4, 0.5) is 0 Å². The Labute approximate surface area is 154 Å². The van der Waals surface area contributed by atoms with E-state index in [4.69, 9.17) is 0 Å². The van der Waals surface area contributed by atoms with E-state index < -0.39 is 0 Å². The van der Waals surface area contributed by atoms with Crippen molar-refractivity contribution in [3.63, 3.8) is 0 Å². The Hall–Kier alpha value is -2.30. The van der Waals surface area contributed by atoms with Crippen LogP contribution in [-0.4, -0.2) is 40.8 Å². The topological polar surface area (TPSA) is 65.2 Å². The Morgan fingerprint density at radius 3 is 2.69 bits per heavy atom. The number of benzene rings is 1. The lowest BCUT2D eigenvalue weighted by Gasteiger charge is -2.15. The summed E-state index contributed by atoms with van der Waals surface area (Å²) >= 11 is 0. The molecule has 1 unspecified atom stereocenters. The van der Waals surface area contributed by atoms with E-state index >= 15 is 0 Å². The van der Waals surface area contributed by atoms with Gasteiger partial charge >= 0.3 is 0 Å². The number of aromatic nitrogens is 1. The van der Waals surface area contributed by atoms with Crippen molar-refractivity contribution >= 4 is 22.7 Å². The van der Waals surface area contributed by atoms with E-state index in [1.165, 1.54) is 16.5 Å². The highest BCUT2D eigenvalue weighted by atomic mass is 16.2. The van der Waals surface area contributed by atoms with Crippen molar-refractivity contribution < 1.29 is 9.59 Å². The van der Waals surface area contributed by atoms with Crippen LogP contribution in [0.25, 0.3) is 10.9 Å². The zero-order valence-electron chi connectivity index (χ0n) is 15.8. The van der Waals surface area contributed by atoms with E-state index in [0.717, 1.165) is 36.2 Å². The molecule has 2 heterocycles. The molecule has 1 aromatic carbocycles. The summed E-state index contributed by atoms with van der Waals surface area (Å²) in [5.74, 6) is 0.539. The highest BCUT2D eigenvalue weighted by Crippen LogP contribution is 2.32. The third kappa shape index (κ3) is 3.11. The third-order valence-corrected chi connectivity index (χ3v) is 5.84. The highest BCUT2D eigenvalue weighted by Gasteiger charge is 2.39. The number of carbonyl (C=O) groups is 2. The second-order valence-corrected chi connectivity index (χ2v) is 8.01. The maximum absolute atomic E-state index is 12.5. The van der Waals surface area contributed by atoms with Gasteiger partial charge in [0.1, 0.15) is 0 Å². The fourth-order valence-electron chi connectivity index (χ4n) is 4.20. The van der Waals surface area contributed by atoms with E-state index in [2.05, 4.69) is 36.3 Å². The van der Waals surface area contributed by atoms with Gasteiger partial charge in [0, 0.05) is 48.1 Å². The van der Waals surface area contributed by atoms with Crippen LogP contribution in [0, 0.1) is 26.7 Å². The first-order chi connectivity index (χ1) is 12.4. The van der Waals surface area contributed by atoms with Gasteiger partial charge in [0.15, 0.2) is 0 Å². The second kappa shape index (κ2) is 6.45. The van der Waals surface area contributed by atoms with Crippen LogP contribution in [0.1, 0.15) is 41.6 Å². The van der Waals surface area contributed by atoms with Crippen LogP contribution in [0.15, 0.2) is 12.1 Å². The summed E-state index contributed by atoms with van der Waals surface area (Å²) in [7, 11) is 0. The lowest BCUT2D eigenvalue weighted by molar-refractivity contribution is -0.128. The van der Waals surface area contributed by atoms with Crippen LogP contribution in [0.5, 0.6) is 0 Å². The van der Waals surface area contributed by atoms with E-state index in [1.54, 1.807) is 0 Å². The maximum Gasteiger partial charge on any atom is 0.224 e. The van der Waals surface area contributed by atoms with Crippen molar-refractivity contribution in [1.82, 2.24) is 15.2 Å². The molecule has 0 radical (unpaired) electrons. The van der Waals surface area contributed by atoms with Crippen molar-refractivity contribution in [2.45, 2.75) is 52.5 Å². The SMILES string of the molecule is Cc1[nH]c2c(C)ccc(C)c2c1CC(=O)NCC1CC(=O)N(C2CC2)C1. The molecule has 2 aliphatic rings. The molecule has 0 bridgehead atoms. The van der Waals surface area contributed by atoms with Crippen LogP contribution in [0.2, 0.25) is 0 Å². The molecule has 4 rings (SSSR count).